The Kier molecular flexibility index (Phi) is 7.31. The minimum Gasteiger partial charge on any atom is -0.207 e. The molecule has 0 N–H and O–H groups in total. The number of rotatable bonds is 6. The van der Waals surface area contributed by atoms with Gasteiger partial charge in [0.1, 0.15) is 29.1 Å². The summed E-state index contributed by atoms with van der Waals surface area (Å²) in [5.41, 5.74) is 2.08. The third-order valence-corrected chi connectivity index (χ3v) is 12.3. The van der Waals surface area contributed by atoms with E-state index in [4.69, 9.17) is 0 Å². The van der Waals surface area contributed by atoms with Crippen molar-refractivity contribution in [1.29, 1.82) is 0 Å². The van der Waals surface area contributed by atoms with Crippen LogP contribution in [0.1, 0.15) is 0 Å². The van der Waals surface area contributed by atoms with Gasteiger partial charge in [-0.15, -0.1) is 0 Å². The Morgan fingerprint density at radius 2 is 0.786 bits per heavy atom. The van der Waals surface area contributed by atoms with E-state index in [-0.39, 0.29) is 5.82 Å². The number of hydrogen-bond acceptors (Lipinski definition) is 0. The first kappa shape index (κ1) is 27.4. The standard InChI is InChI=1S/C36H23F5Si/c37-27-18-26(19-28(38)20-27)24-10-14-32(15-11-24)42(31-6-2-1-3-7-31,34-22-29(39)21-30(40)23-34)33-16-12-25(13-17-33)35-8-4-5-9-36(35)41/h1-23H. The van der Waals surface area contributed by atoms with Gasteiger partial charge in [0.15, 0.2) is 8.07 Å². The van der Waals surface area contributed by atoms with Crippen LogP contribution in [0.15, 0.2) is 140 Å². The third kappa shape index (κ3) is 5.06. The van der Waals surface area contributed by atoms with Gasteiger partial charge in [0.2, 0.25) is 0 Å². The van der Waals surface area contributed by atoms with E-state index in [9.17, 15) is 22.0 Å². The van der Waals surface area contributed by atoms with Gasteiger partial charge in [-0.3, -0.25) is 0 Å². The lowest BCUT2D eigenvalue weighted by molar-refractivity contribution is 0.583. The molecule has 0 aromatic heterocycles. The zero-order valence-corrected chi connectivity index (χ0v) is 23.2. The molecule has 6 rings (SSSR count). The fourth-order valence-electron chi connectivity index (χ4n) is 5.69. The minimum absolute atomic E-state index is 0.353. The SMILES string of the molecule is Fc1cc(F)cc(-c2ccc([Si](c3ccccc3)(c3ccc(-c4ccccc4F)cc3)c3cc(F)cc(F)c3)cc2)c1. The highest BCUT2D eigenvalue weighted by Gasteiger charge is 2.42. The summed E-state index contributed by atoms with van der Waals surface area (Å²) in [5, 5.41) is 2.98. The molecule has 1 atom stereocenters. The molecule has 0 amide bonds. The number of benzene rings is 6. The van der Waals surface area contributed by atoms with Crippen molar-refractivity contribution in [1.82, 2.24) is 0 Å². The van der Waals surface area contributed by atoms with E-state index < -0.39 is 31.3 Å². The van der Waals surface area contributed by atoms with Gasteiger partial charge in [-0.05, 0) is 67.8 Å². The summed E-state index contributed by atoms with van der Waals surface area (Å²) < 4.78 is 72.3. The zero-order chi connectivity index (χ0) is 29.3. The predicted molar refractivity (Wildman–Crippen MR) is 161 cm³/mol. The lowest BCUT2D eigenvalue weighted by atomic mass is 10.1. The Balaban J connectivity index is 1.61. The van der Waals surface area contributed by atoms with Crippen LogP contribution >= 0.6 is 0 Å². The van der Waals surface area contributed by atoms with Gasteiger partial charge >= 0.3 is 0 Å². The molecule has 0 aliphatic rings. The molecule has 6 aromatic rings. The third-order valence-electron chi connectivity index (χ3n) is 7.52. The summed E-state index contributed by atoms with van der Waals surface area (Å²) in [6.45, 7) is 0. The molecule has 6 aromatic carbocycles. The van der Waals surface area contributed by atoms with Crippen LogP contribution in [-0.2, 0) is 0 Å². The van der Waals surface area contributed by atoms with Gasteiger partial charge in [0.05, 0.1) is 0 Å². The van der Waals surface area contributed by atoms with Crippen LogP contribution in [0.3, 0.4) is 0 Å². The Morgan fingerprint density at radius 3 is 1.33 bits per heavy atom. The highest BCUT2D eigenvalue weighted by Crippen LogP contribution is 2.24. The molecule has 1 unspecified atom stereocenters. The average Bonchev–Trinajstić information content (AvgIpc) is 2.98. The summed E-state index contributed by atoms with van der Waals surface area (Å²) >= 11 is 0. The maximum Gasteiger partial charge on any atom is 0.179 e. The van der Waals surface area contributed by atoms with E-state index in [1.54, 1.807) is 30.3 Å². The highest BCUT2D eigenvalue weighted by atomic mass is 28.3. The van der Waals surface area contributed by atoms with Crippen LogP contribution in [0.25, 0.3) is 22.3 Å². The molecule has 0 aliphatic carbocycles. The van der Waals surface area contributed by atoms with Gasteiger partial charge in [0, 0.05) is 17.7 Å². The average molecular weight is 579 g/mol. The molecule has 0 aliphatic heterocycles. The van der Waals surface area contributed by atoms with Crippen LogP contribution in [0.4, 0.5) is 22.0 Å². The summed E-state index contributed by atoms with van der Waals surface area (Å²) in [4.78, 5) is 0. The highest BCUT2D eigenvalue weighted by molar-refractivity contribution is 7.19. The van der Waals surface area contributed by atoms with E-state index in [0.29, 0.717) is 27.4 Å². The van der Waals surface area contributed by atoms with Gasteiger partial charge in [-0.25, -0.2) is 22.0 Å². The van der Waals surface area contributed by atoms with E-state index in [0.717, 1.165) is 27.7 Å². The van der Waals surface area contributed by atoms with Gasteiger partial charge < -0.3 is 0 Å². The minimum atomic E-state index is -3.37. The molecule has 0 radical (unpaired) electrons. The summed E-state index contributed by atoms with van der Waals surface area (Å²) in [5.74, 6) is -3.13. The van der Waals surface area contributed by atoms with E-state index >= 15 is 0 Å². The second-order valence-corrected chi connectivity index (χ2v) is 13.9. The molecule has 0 bridgehead atoms. The fourth-order valence-corrected chi connectivity index (χ4v) is 10.4. The van der Waals surface area contributed by atoms with Crippen molar-refractivity contribution >= 4 is 28.8 Å². The second-order valence-electron chi connectivity index (χ2n) is 10.1. The van der Waals surface area contributed by atoms with E-state index in [1.807, 2.05) is 66.7 Å². The van der Waals surface area contributed by atoms with E-state index in [1.165, 1.54) is 30.3 Å². The first-order valence-corrected chi connectivity index (χ1v) is 15.3. The number of halogens is 5. The lowest BCUT2D eigenvalue weighted by Crippen LogP contribution is -2.74. The summed E-state index contributed by atoms with van der Waals surface area (Å²) in [6, 6.07) is 37.5. The maximum absolute atomic E-state index is 14.9. The molecule has 0 heterocycles. The van der Waals surface area contributed by atoms with Gasteiger partial charge in [-0.1, -0.05) is 97.1 Å². The molecule has 0 nitrogen and oxygen atoms in total. The molecule has 6 heteroatoms. The molecular formula is C36H23F5Si. The van der Waals surface area contributed by atoms with Gasteiger partial charge in [0.25, 0.3) is 0 Å². The second kappa shape index (κ2) is 11.2. The van der Waals surface area contributed by atoms with Crippen molar-refractivity contribution in [3.05, 3.63) is 169 Å². The quantitative estimate of drug-likeness (QED) is 0.112. The Morgan fingerprint density at radius 1 is 0.333 bits per heavy atom. The van der Waals surface area contributed by atoms with E-state index in [2.05, 4.69) is 0 Å². The van der Waals surface area contributed by atoms with Gasteiger partial charge in [-0.2, -0.15) is 0 Å². The Bertz CT molecular complexity index is 1830. The van der Waals surface area contributed by atoms with Crippen molar-refractivity contribution in [3.8, 4) is 22.3 Å². The molecule has 0 saturated carbocycles. The lowest BCUT2D eigenvalue weighted by Gasteiger charge is -2.34. The van der Waals surface area contributed by atoms with Crippen molar-refractivity contribution in [3.63, 3.8) is 0 Å². The fraction of sp³-hybridized carbons (Fsp3) is 0. The number of hydrogen-bond donors (Lipinski definition) is 0. The normalized spacial score (nSPS) is 12.6. The molecular weight excluding hydrogens is 555 g/mol. The topological polar surface area (TPSA) is 0 Å². The first-order chi connectivity index (χ1) is 20.3. The summed E-state index contributed by atoms with van der Waals surface area (Å²) in [6.07, 6.45) is 0. The smallest absolute Gasteiger partial charge is 0.179 e. The molecule has 0 saturated heterocycles. The maximum atomic E-state index is 14.9. The predicted octanol–water partition coefficient (Wildman–Crippen LogP) is 7.09. The van der Waals surface area contributed by atoms with Crippen molar-refractivity contribution in [2.24, 2.45) is 0 Å². The summed E-state index contributed by atoms with van der Waals surface area (Å²) in [7, 11) is -3.37. The van der Waals surface area contributed by atoms with Crippen molar-refractivity contribution in [2.75, 3.05) is 0 Å². The molecule has 206 valence electrons. The van der Waals surface area contributed by atoms with Crippen LogP contribution in [0, 0.1) is 29.1 Å². The molecule has 42 heavy (non-hydrogen) atoms. The first-order valence-electron chi connectivity index (χ1n) is 13.3. The Hall–Kier alpha value is -4.81. The van der Waals surface area contributed by atoms with Crippen molar-refractivity contribution in [2.45, 2.75) is 0 Å². The van der Waals surface area contributed by atoms with Crippen LogP contribution < -0.4 is 20.7 Å². The molecule has 0 spiro atoms. The zero-order valence-electron chi connectivity index (χ0n) is 22.2. The van der Waals surface area contributed by atoms with Crippen molar-refractivity contribution < 1.29 is 22.0 Å². The largest absolute Gasteiger partial charge is 0.207 e. The Labute approximate surface area is 241 Å². The monoisotopic (exact) mass is 578 g/mol. The van der Waals surface area contributed by atoms with Crippen LogP contribution in [-0.4, -0.2) is 8.07 Å². The molecule has 0 fully saturated rings. The van der Waals surface area contributed by atoms with Crippen LogP contribution in [0.2, 0.25) is 0 Å². The van der Waals surface area contributed by atoms with Crippen LogP contribution in [0.5, 0.6) is 0 Å².